The first kappa shape index (κ1) is 16.8. The normalized spacial score (nSPS) is 10.6. The molecule has 0 saturated heterocycles. The molecule has 1 heterocycles. The number of aryl methyl sites for hydroxylation is 1. The summed E-state index contributed by atoms with van der Waals surface area (Å²) in [6.07, 6.45) is 2.04. The first-order valence-corrected chi connectivity index (χ1v) is 7.61. The minimum absolute atomic E-state index is 0.229. The van der Waals surface area contributed by atoms with Gasteiger partial charge in [-0.15, -0.1) is 0 Å². The molecule has 2 rings (SSSR count). The zero-order valence-corrected chi connectivity index (χ0v) is 13.9. The lowest BCUT2D eigenvalue weighted by atomic mass is 10.2. The number of nitrogens with one attached hydrogen (secondary N) is 1. The molecule has 23 heavy (non-hydrogen) atoms. The van der Waals surface area contributed by atoms with E-state index in [-0.39, 0.29) is 5.95 Å². The van der Waals surface area contributed by atoms with Crippen molar-refractivity contribution >= 4 is 5.95 Å². The smallest absolute Gasteiger partial charge is 0.359 e. The van der Waals surface area contributed by atoms with Crippen molar-refractivity contribution in [2.75, 3.05) is 19.0 Å². The Morgan fingerprint density at radius 3 is 2.65 bits per heavy atom. The zero-order chi connectivity index (χ0) is 17.0. The molecule has 0 aliphatic rings. The number of rotatable bonds is 6. The summed E-state index contributed by atoms with van der Waals surface area (Å²) >= 11 is 0. The fourth-order valence-electron chi connectivity index (χ4n) is 2.24. The number of benzene rings is 1. The van der Waals surface area contributed by atoms with Gasteiger partial charge in [0.2, 0.25) is 5.95 Å². The van der Waals surface area contributed by atoms with E-state index in [4.69, 9.17) is 4.74 Å². The molecule has 0 bridgehead atoms. The maximum atomic E-state index is 12.4. The molecule has 0 fully saturated rings. The Bertz CT molecular complexity index is 808. The maximum absolute atomic E-state index is 12.4. The third kappa shape index (κ3) is 3.44. The minimum Gasteiger partial charge on any atom is -0.493 e. The van der Waals surface area contributed by atoms with Crippen LogP contribution in [-0.2, 0) is 7.05 Å². The Kier molecular flexibility index (Phi) is 5.20. The van der Waals surface area contributed by atoms with Crippen LogP contribution < -0.4 is 21.4 Å². The molecule has 0 spiro atoms. The fraction of sp³-hybridized carbons (Fsp3) is 0.438. The Hall–Kier alpha value is -2.57. The van der Waals surface area contributed by atoms with E-state index in [1.165, 1.54) is 4.57 Å². The lowest BCUT2D eigenvalue weighted by Crippen LogP contribution is -2.40. The number of hydrogen-bond donors (Lipinski definition) is 1. The van der Waals surface area contributed by atoms with Crippen molar-refractivity contribution in [3.63, 3.8) is 0 Å². The summed E-state index contributed by atoms with van der Waals surface area (Å²) in [7, 11) is 3.17. The van der Waals surface area contributed by atoms with Crippen molar-refractivity contribution in [1.29, 1.82) is 0 Å². The van der Waals surface area contributed by atoms with Crippen LogP contribution in [0.1, 0.15) is 25.3 Å². The van der Waals surface area contributed by atoms with E-state index in [0.717, 1.165) is 28.7 Å². The molecule has 1 N–H and O–H groups in total. The van der Waals surface area contributed by atoms with E-state index < -0.39 is 11.4 Å². The van der Waals surface area contributed by atoms with Gasteiger partial charge in [0.1, 0.15) is 5.75 Å². The van der Waals surface area contributed by atoms with Crippen LogP contribution in [-0.4, -0.2) is 27.8 Å². The topological polar surface area (TPSA) is 78.2 Å². The standard InChI is InChI=1S/C16H22N4O3/c1-5-6-9-23-13-8-7-12(10-11(13)2)20-15(21)18-14(17-3)19(4)16(20)22/h7-8,10H,5-6,9H2,1-4H3,(H,17,18,21). The summed E-state index contributed by atoms with van der Waals surface area (Å²) < 4.78 is 8.03. The quantitative estimate of drug-likeness (QED) is 0.816. The van der Waals surface area contributed by atoms with Gasteiger partial charge in [0.25, 0.3) is 0 Å². The first-order valence-electron chi connectivity index (χ1n) is 7.61. The van der Waals surface area contributed by atoms with Crippen molar-refractivity contribution < 1.29 is 4.74 Å². The van der Waals surface area contributed by atoms with Gasteiger partial charge in [-0.2, -0.15) is 4.98 Å². The second-order valence-electron chi connectivity index (χ2n) is 5.30. The lowest BCUT2D eigenvalue weighted by Gasteiger charge is -2.13. The van der Waals surface area contributed by atoms with Gasteiger partial charge in [-0.05, 0) is 37.1 Å². The van der Waals surface area contributed by atoms with Gasteiger partial charge in [0.15, 0.2) is 0 Å². The highest BCUT2D eigenvalue weighted by Gasteiger charge is 2.12. The SMILES string of the molecule is CCCCOc1ccc(-n2c(=O)nc(NC)n(C)c2=O)cc1C. The molecule has 0 saturated carbocycles. The van der Waals surface area contributed by atoms with Crippen LogP contribution in [0.25, 0.3) is 5.69 Å². The van der Waals surface area contributed by atoms with Crippen LogP contribution in [0.5, 0.6) is 5.75 Å². The number of aromatic nitrogens is 3. The van der Waals surface area contributed by atoms with Gasteiger partial charge in [-0.1, -0.05) is 13.3 Å². The summed E-state index contributed by atoms with van der Waals surface area (Å²) in [5.74, 6) is 0.986. The number of nitrogens with zero attached hydrogens (tertiary/aromatic N) is 3. The van der Waals surface area contributed by atoms with E-state index in [0.29, 0.717) is 12.3 Å². The van der Waals surface area contributed by atoms with Gasteiger partial charge < -0.3 is 10.1 Å². The second-order valence-corrected chi connectivity index (χ2v) is 5.30. The number of unbranched alkanes of at least 4 members (excludes halogenated alkanes) is 1. The number of hydrogen-bond acceptors (Lipinski definition) is 5. The molecule has 0 amide bonds. The van der Waals surface area contributed by atoms with Gasteiger partial charge in [-0.3, -0.25) is 4.57 Å². The van der Waals surface area contributed by atoms with Crippen LogP contribution in [0.2, 0.25) is 0 Å². The highest BCUT2D eigenvalue weighted by molar-refractivity contribution is 5.43. The van der Waals surface area contributed by atoms with Crippen molar-refractivity contribution in [3.05, 3.63) is 44.7 Å². The van der Waals surface area contributed by atoms with Crippen LogP contribution in [0.15, 0.2) is 27.8 Å². The summed E-state index contributed by atoms with van der Waals surface area (Å²) in [6.45, 7) is 4.63. The van der Waals surface area contributed by atoms with Crippen molar-refractivity contribution in [3.8, 4) is 11.4 Å². The van der Waals surface area contributed by atoms with Crippen molar-refractivity contribution in [1.82, 2.24) is 14.1 Å². The molecule has 0 aliphatic heterocycles. The third-order valence-electron chi connectivity index (χ3n) is 3.58. The summed E-state index contributed by atoms with van der Waals surface area (Å²) in [5.41, 5.74) is 0.279. The molecule has 0 unspecified atom stereocenters. The fourth-order valence-corrected chi connectivity index (χ4v) is 2.24. The van der Waals surface area contributed by atoms with Crippen LogP contribution in [0.4, 0.5) is 5.95 Å². The van der Waals surface area contributed by atoms with Gasteiger partial charge in [0, 0.05) is 14.1 Å². The Morgan fingerprint density at radius 1 is 1.30 bits per heavy atom. The largest absolute Gasteiger partial charge is 0.493 e. The average molecular weight is 318 g/mol. The molecule has 0 radical (unpaired) electrons. The molecule has 1 aromatic heterocycles. The average Bonchev–Trinajstić information content (AvgIpc) is 2.53. The van der Waals surface area contributed by atoms with Crippen LogP contribution >= 0.6 is 0 Å². The molecule has 7 nitrogen and oxygen atoms in total. The van der Waals surface area contributed by atoms with E-state index >= 15 is 0 Å². The van der Waals surface area contributed by atoms with Gasteiger partial charge >= 0.3 is 11.4 Å². The summed E-state index contributed by atoms with van der Waals surface area (Å²) in [6, 6.07) is 5.22. The number of ether oxygens (including phenoxy) is 1. The minimum atomic E-state index is -0.614. The third-order valence-corrected chi connectivity index (χ3v) is 3.58. The zero-order valence-electron chi connectivity index (χ0n) is 13.9. The Labute approximate surface area is 134 Å². The number of anilines is 1. The predicted molar refractivity (Wildman–Crippen MR) is 89.8 cm³/mol. The predicted octanol–water partition coefficient (Wildman–Crippen LogP) is 1.46. The summed E-state index contributed by atoms with van der Waals surface area (Å²) in [4.78, 5) is 28.4. The van der Waals surface area contributed by atoms with E-state index in [9.17, 15) is 9.59 Å². The van der Waals surface area contributed by atoms with Crippen LogP contribution in [0.3, 0.4) is 0 Å². The summed E-state index contributed by atoms with van der Waals surface area (Å²) in [5, 5.41) is 2.72. The highest BCUT2D eigenvalue weighted by atomic mass is 16.5. The van der Waals surface area contributed by atoms with E-state index in [1.807, 2.05) is 6.92 Å². The van der Waals surface area contributed by atoms with Gasteiger partial charge in [-0.25, -0.2) is 14.2 Å². The molecule has 1 aromatic carbocycles. The maximum Gasteiger partial charge on any atom is 0.359 e. The van der Waals surface area contributed by atoms with E-state index in [2.05, 4.69) is 17.2 Å². The van der Waals surface area contributed by atoms with Crippen molar-refractivity contribution in [2.45, 2.75) is 26.7 Å². The van der Waals surface area contributed by atoms with Crippen LogP contribution in [0, 0.1) is 6.92 Å². The monoisotopic (exact) mass is 318 g/mol. The molecule has 124 valence electrons. The van der Waals surface area contributed by atoms with E-state index in [1.54, 1.807) is 32.3 Å². The second kappa shape index (κ2) is 7.13. The van der Waals surface area contributed by atoms with Crippen molar-refractivity contribution in [2.24, 2.45) is 7.05 Å². The van der Waals surface area contributed by atoms with Gasteiger partial charge in [0.05, 0.1) is 12.3 Å². The first-order chi connectivity index (χ1) is 11.0. The lowest BCUT2D eigenvalue weighted by molar-refractivity contribution is 0.307. The molecule has 2 aromatic rings. The molecular weight excluding hydrogens is 296 g/mol. The molecule has 7 heteroatoms. The molecule has 0 atom stereocenters. The molecular formula is C16H22N4O3. The highest BCUT2D eigenvalue weighted by Crippen LogP contribution is 2.20. The molecule has 0 aliphatic carbocycles. The Balaban J connectivity index is 2.44. The Morgan fingerprint density at radius 2 is 2.04 bits per heavy atom.